The number of amides is 3. The molecule has 0 saturated heterocycles. The number of ether oxygens (including phenoxy) is 1. The van der Waals surface area contributed by atoms with Gasteiger partial charge in [-0.25, -0.2) is 13.2 Å². The maximum atomic E-state index is 12.1. The minimum absolute atomic E-state index is 0.133. The summed E-state index contributed by atoms with van der Waals surface area (Å²) >= 11 is 0. The van der Waals surface area contributed by atoms with E-state index in [1.54, 1.807) is 0 Å². The van der Waals surface area contributed by atoms with Gasteiger partial charge in [0.15, 0.2) is 12.4 Å². The van der Waals surface area contributed by atoms with Crippen molar-refractivity contribution in [1.82, 2.24) is 15.4 Å². The number of Topliss-reactive ketones (excluding diaryl/α,β-unsaturated/α-hetero) is 1. The summed E-state index contributed by atoms with van der Waals surface area (Å²) in [5, 5.41) is 4.43. The number of hydrogen-bond donors (Lipinski definition) is 3. The van der Waals surface area contributed by atoms with E-state index in [1.807, 2.05) is 17.0 Å². The number of unbranched alkanes of at least 4 members (excludes halogenated alkanes) is 1. The Labute approximate surface area is 163 Å². The molecule has 10 nitrogen and oxygen atoms in total. The van der Waals surface area contributed by atoms with Gasteiger partial charge in [-0.2, -0.15) is 4.72 Å². The molecule has 0 aromatic heterocycles. The minimum atomic E-state index is -4.00. The molecule has 0 aliphatic heterocycles. The average molecular weight is 413 g/mol. The summed E-state index contributed by atoms with van der Waals surface area (Å²) in [5.41, 5.74) is 0.350. The fraction of sp³-hybridized carbons (Fsp3) is 0.412. The van der Waals surface area contributed by atoms with E-state index in [1.165, 1.54) is 31.2 Å². The van der Waals surface area contributed by atoms with Crippen molar-refractivity contribution in [2.24, 2.45) is 0 Å². The fourth-order valence-electron chi connectivity index (χ4n) is 1.89. The van der Waals surface area contributed by atoms with Crippen LogP contribution in [0, 0.1) is 0 Å². The molecule has 0 heterocycles. The van der Waals surface area contributed by atoms with E-state index < -0.39 is 41.1 Å². The Kier molecular flexibility index (Phi) is 9.25. The monoisotopic (exact) mass is 413 g/mol. The Morgan fingerprint density at radius 2 is 1.71 bits per heavy atom. The van der Waals surface area contributed by atoms with Crippen molar-refractivity contribution in [3.8, 4) is 0 Å². The van der Waals surface area contributed by atoms with Crippen LogP contribution in [0.25, 0.3) is 0 Å². The number of rotatable bonds is 10. The summed E-state index contributed by atoms with van der Waals surface area (Å²) in [6.07, 6.45) is 1.64. The Morgan fingerprint density at radius 1 is 1.07 bits per heavy atom. The van der Waals surface area contributed by atoms with Gasteiger partial charge in [0, 0.05) is 12.1 Å². The molecule has 1 aromatic rings. The molecule has 0 aliphatic carbocycles. The number of nitrogens with one attached hydrogen (secondary N) is 3. The molecule has 0 atom stereocenters. The molecule has 28 heavy (non-hydrogen) atoms. The molecule has 154 valence electrons. The molecular formula is C17H23N3O7S. The van der Waals surface area contributed by atoms with Crippen LogP contribution in [-0.4, -0.2) is 51.8 Å². The Morgan fingerprint density at radius 3 is 2.29 bits per heavy atom. The van der Waals surface area contributed by atoms with Gasteiger partial charge in [-0.1, -0.05) is 25.5 Å². The van der Waals surface area contributed by atoms with Crippen LogP contribution in [0.4, 0.5) is 4.79 Å². The van der Waals surface area contributed by atoms with Crippen LogP contribution in [0.3, 0.4) is 0 Å². The van der Waals surface area contributed by atoms with Crippen molar-refractivity contribution in [1.29, 1.82) is 0 Å². The Bertz CT molecular complexity index is 820. The topological polar surface area (TPSA) is 148 Å². The van der Waals surface area contributed by atoms with Gasteiger partial charge in [-0.15, -0.1) is 0 Å². The lowest BCUT2D eigenvalue weighted by atomic mass is 10.2. The number of hydrogen-bond acceptors (Lipinski definition) is 7. The minimum Gasteiger partial charge on any atom is -0.455 e. The Hall–Kier alpha value is -2.79. The summed E-state index contributed by atoms with van der Waals surface area (Å²) in [6, 6.07) is 4.46. The lowest BCUT2D eigenvalue weighted by Gasteiger charge is -2.08. The van der Waals surface area contributed by atoms with Gasteiger partial charge in [0.2, 0.25) is 10.0 Å². The highest BCUT2D eigenvalue weighted by Crippen LogP contribution is 2.10. The molecule has 11 heteroatoms. The second-order valence-corrected chi connectivity index (χ2v) is 7.49. The number of imide groups is 1. The zero-order valence-corrected chi connectivity index (χ0v) is 16.4. The van der Waals surface area contributed by atoms with E-state index in [2.05, 4.69) is 10.1 Å². The van der Waals surface area contributed by atoms with Crippen molar-refractivity contribution < 1.29 is 32.3 Å². The molecule has 0 saturated carbocycles. The average Bonchev–Trinajstić information content (AvgIpc) is 2.65. The van der Waals surface area contributed by atoms with E-state index in [-0.39, 0.29) is 10.7 Å². The van der Waals surface area contributed by atoms with Crippen LogP contribution >= 0.6 is 0 Å². The third kappa shape index (κ3) is 8.27. The number of ketones is 1. The van der Waals surface area contributed by atoms with Crippen LogP contribution in [0.15, 0.2) is 29.2 Å². The summed E-state index contributed by atoms with van der Waals surface area (Å²) in [5.74, 6) is -2.05. The summed E-state index contributed by atoms with van der Waals surface area (Å²) in [4.78, 5) is 45.5. The van der Waals surface area contributed by atoms with Gasteiger partial charge < -0.3 is 10.1 Å². The third-order valence-electron chi connectivity index (χ3n) is 3.41. The second kappa shape index (κ2) is 11.1. The van der Waals surface area contributed by atoms with Crippen LogP contribution in [-0.2, 0) is 24.3 Å². The highest BCUT2D eigenvalue weighted by atomic mass is 32.2. The quantitative estimate of drug-likeness (QED) is 0.284. The lowest BCUT2D eigenvalue weighted by Crippen LogP contribution is -2.42. The standard InChI is InChI=1S/C17H23N3O7S/c1-3-4-9-18-17(24)20-15(22)11-27-16(23)10-19-28(25,26)14-7-5-13(6-8-14)12(2)21/h5-8,19H,3-4,9-11H2,1-2H3,(H2,18,20,22,24). The van der Waals surface area contributed by atoms with Crippen LogP contribution in [0.1, 0.15) is 37.0 Å². The molecule has 0 bridgehead atoms. The van der Waals surface area contributed by atoms with Gasteiger partial charge >= 0.3 is 12.0 Å². The number of carbonyl (C=O) groups excluding carboxylic acids is 4. The predicted octanol–water partition coefficient (Wildman–Crippen LogP) is 0.337. The number of sulfonamides is 1. The fourth-order valence-corrected chi connectivity index (χ4v) is 2.86. The highest BCUT2D eigenvalue weighted by molar-refractivity contribution is 7.89. The first kappa shape index (κ1) is 23.2. The number of carbonyl (C=O) groups is 4. The van der Waals surface area contributed by atoms with E-state index in [0.29, 0.717) is 12.1 Å². The number of esters is 1. The van der Waals surface area contributed by atoms with Crippen molar-refractivity contribution in [2.75, 3.05) is 19.7 Å². The highest BCUT2D eigenvalue weighted by Gasteiger charge is 2.17. The van der Waals surface area contributed by atoms with Gasteiger partial charge in [-0.3, -0.25) is 19.7 Å². The maximum absolute atomic E-state index is 12.1. The molecule has 1 rings (SSSR count). The molecule has 0 unspecified atom stereocenters. The van der Waals surface area contributed by atoms with Gasteiger partial charge in [0.1, 0.15) is 6.54 Å². The summed E-state index contributed by atoms with van der Waals surface area (Å²) < 4.78 is 30.8. The SMILES string of the molecule is CCCCNC(=O)NC(=O)COC(=O)CNS(=O)(=O)c1ccc(C(C)=O)cc1. The molecule has 1 aromatic carbocycles. The molecule has 0 radical (unpaired) electrons. The molecule has 0 fully saturated rings. The Balaban J connectivity index is 2.41. The second-order valence-electron chi connectivity index (χ2n) is 5.72. The van der Waals surface area contributed by atoms with Crippen molar-refractivity contribution >= 4 is 33.7 Å². The molecule has 3 N–H and O–H groups in total. The van der Waals surface area contributed by atoms with Crippen molar-refractivity contribution in [3.05, 3.63) is 29.8 Å². The summed E-state index contributed by atoms with van der Waals surface area (Å²) in [7, 11) is -4.00. The molecular weight excluding hydrogens is 390 g/mol. The zero-order chi connectivity index (χ0) is 21.2. The first-order valence-corrected chi connectivity index (χ1v) is 9.98. The van der Waals surface area contributed by atoms with E-state index in [9.17, 15) is 27.6 Å². The lowest BCUT2D eigenvalue weighted by molar-refractivity contribution is -0.147. The zero-order valence-electron chi connectivity index (χ0n) is 15.6. The van der Waals surface area contributed by atoms with Gasteiger partial charge in [-0.05, 0) is 25.5 Å². The van der Waals surface area contributed by atoms with Crippen LogP contribution < -0.4 is 15.4 Å². The van der Waals surface area contributed by atoms with E-state index in [4.69, 9.17) is 0 Å². The number of benzene rings is 1. The number of urea groups is 1. The molecule has 0 spiro atoms. The summed E-state index contributed by atoms with van der Waals surface area (Å²) in [6.45, 7) is 2.27. The van der Waals surface area contributed by atoms with E-state index >= 15 is 0 Å². The normalized spacial score (nSPS) is 10.8. The smallest absolute Gasteiger partial charge is 0.321 e. The molecule has 0 aliphatic rings. The first-order valence-electron chi connectivity index (χ1n) is 8.49. The largest absolute Gasteiger partial charge is 0.455 e. The predicted molar refractivity (Wildman–Crippen MR) is 99.0 cm³/mol. The van der Waals surface area contributed by atoms with Crippen LogP contribution in [0.2, 0.25) is 0 Å². The van der Waals surface area contributed by atoms with Crippen LogP contribution in [0.5, 0.6) is 0 Å². The first-order chi connectivity index (χ1) is 13.2. The van der Waals surface area contributed by atoms with Gasteiger partial charge in [0.25, 0.3) is 5.91 Å². The third-order valence-corrected chi connectivity index (χ3v) is 4.83. The van der Waals surface area contributed by atoms with Crippen molar-refractivity contribution in [3.63, 3.8) is 0 Å². The van der Waals surface area contributed by atoms with E-state index in [0.717, 1.165) is 12.8 Å². The molecule has 3 amide bonds. The van der Waals surface area contributed by atoms with Gasteiger partial charge in [0.05, 0.1) is 4.90 Å². The van der Waals surface area contributed by atoms with Crippen molar-refractivity contribution in [2.45, 2.75) is 31.6 Å². The maximum Gasteiger partial charge on any atom is 0.321 e.